The van der Waals surface area contributed by atoms with E-state index in [2.05, 4.69) is 0 Å². The molecule has 0 saturated heterocycles. The summed E-state index contributed by atoms with van der Waals surface area (Å²) in [6.45, 7) is 3.74. The molecule has 0 amide bonds. The normalized spacial score (nSPS) is 9.80. The molecule has 0 aromatic heterocycles. The van der Waals surface area contributed by atoms with Gasteiger partial charge in [0, 0.05) is 5.56 Å². The maximum absolute atomic E-state index is 11.5. The van der Waals surface area contributed by atoms with Gasteiger partial charge in [0.15, 0.2) is 0 Å². The van der Waals surface area contributed by atoms with Crippen LogP contribution in [0.4, 0.5) is 0 Å². The Bertz CT molecular complexity index is 536. The second-order valence-corrected chi connectivity index (χ2v) is 4.62. The molecule has 5 heteroatoms. The van der Waals surface area contributed by atoms with Crippen LogP contribution in [0.2, 0.25) is 0 Å². The van der Waals surface area contributed by atoms with E-state index in [4.69, 9.17) is 11.6 Å². The SMILES string of the molecule is Cc1ccc(C(=O)C(Cl)=S(=O)=O)cc1C. The lowest BCUT2D eigenvalue weighted by molar-refractivity contribution is 0.107. The van der Waals surface area contributed by atoms with Gasteiger partial charge in [-0.05, 0) is 31.0 Å². The molecule has 0 atom stereocenters. The molecule has 0 fully saturated rings. The summed E-state index contributed by atoms with van der Waals surface area (Å²) in [5.41, 5.74) is 2.24. The Morgan fingerprint density at radius 2 is 1.80 bits per heavy atom. The van der Waals surface area contributed by atoms with E-state index in [1.165, 1.54) is 0 Å². The predicted octanol–water partition coefficient (Wildman–Crippen LogP) is 1.73. The van der Waals surface area contributed by atoms with E-state index in [0.717, 1.165) is 11.1 Å². The van der Waals surface area contributed by atoms with Crippen molar-refractivity contribution in [1.29, 1.82) is 0 Å². The molecule has 0 unspecified atom stereocenters. The fourth-order valence-electron chi connectivity index (χ4n) is 1.07. The minimum atomic E-state index is -2.67. The molecular formula is C10H9ClO3S. The maximum Gasteiger partial charge on any atom is 0.237 e. The zero-order valence-electron chi connectivity index (χ0n) is 8.24. The summed E-state index contributed by atoms with van der Waals surface area (Å²) in [6.07, 6.45) is 0. The van der Waals surface area contributed by atoms with Crippen LogP contribution in [0.15, 0.2) is 18.2 Å². The van der Waals surface area contributed by atoms with Crippen LogP contribution in [0, 0.1) is 13.8 Å². The number of halogens is 1. The van der Waals surface area contributed by atoms with Crippen molar-refractivity contribution < 1.29 is 13.2 Å². The van der Waals surface area contributed by atoms with Crippen molar-refractivity contribution in [1.82, 2.24) is 0 Å². The van der Waals surface area contributed by atoms with Crippen LogP contribution in [0.3, 0.4) is 0 Å². The van der Waals surface area contributed by atoms with Crippen LogP contribution in [-0.4, -0.2) is 18.5 Å². The minimum absolute atomic E-state index is 0.285. The number of hydrogen-bond acceptors (Lipinski definition) is 3. The maximum atomic E-state index is 11.5. The molecule has 0 aliphatic rings. The fourth-order valence-corrected chi connectivity index (χ4v) is 1.45. The predicted molar refractivity (Wildman–Crippen MR) is 60.0 cm³/mol. The van der Waals surface area contributed by atoms with Gasteiger partial charge in [-0.25, -0.2) is 0 Å². The van der Waals surface area contributed by atoms with Gasteiger partial charge in [-0.15, -0.1) is 0 Å². The molecule has 0 aliphatic carbocycles. The molecule has 0 heterocycles. The third-order valence-corrected chi connectivity index (χ3v) is 3.12. The van der Waals surface area contributed by atoms with Crippen LogP contribution >= 0.6 is 11.6 Å². The summed E-state index contributed by atoms with van der Waals surface area (Å²) in [6, 6.07) is 4.92. The molecule has 1 rings (SSSR count). The van der Waals surface area contributed by atoms with Gasteiger partial charge >= 0.3 is 0 Å². The number of rotatable bonds is 2. The fraction of sp³-hybridized carbons (Fsp3) is 0.200. The van der Waals surface area contributed by atoms with Crippen molar-refractivity contribution >= 4 is 32.0 Å². The van der Waals surface area contributed by atoms with E-state index in [0.29, 0.717) is 0 Å². The number of Topliss-reactive ketones (excluding diaryl/α,β-unsaturated/α-hetero) is 1. The number of carbonyl (C=O) groups excluding carboxylic acids is 1. The number of ketones is 1. The number of hydrogen-bond donors (Lipinski definition) is 0. The smallest absolute Gasteiger partial charge is 0.237 e. The zero-order valence-corrected chi connectivity index (χ0v) is 9.82. The molecule has 0 bridgehead atoms. The van der Waals surface area contributed by atoms with Gasteiger partial charge in [0.1, 0.15) is 0 Å². The van der Waals surface area contributed by atoms with Gasteiger partial charge in [-0.3, -0.25) is 4.79 Å². The highest BCUT2D eigenvalue weighted by molar-refractivity contribution is 7.78. The molecule has 1 aromatic carbocycles. The van der Waals surface area contributed by atoms with Gasteiger partial charge in [0.25, 0.3) is 0 Å². The van der Waals surface area contributed by atoms with Crippen LogP contribution in [-0.2, 0) is 10.3 Å². The van der Waals surface area contributed by atoms with Crippen LogP contribution in [0.5, 0.6) is 0 Å². The Morgan fingerprint density at radius 1 is 1.20 bits per heavy atom. The summed E-state index contributed by atoms with van der Waals surface area (Å²) in [7, 11) is -2.67. The van der Waals surface area contributed by atoms with Crippen molar-refractivity contribution in [2.75, 3.05) is 0 Å². The molecular weight excluding hydrogens is 236 g/mol. The first-order valence-corrected chi connectivity index (χ1v) is 5.62. The number of carbonyl (C=O) groups is 1. The topological polar surface area (TPSA) is 51.2 Å². The van der Waals surface area contributed by atoms with Gasteiger partial charge in [-0.2, -0.15) is 8.42 Å². The molecule has 3 nitrogen and oxygen atoms in total. The molecule has 15 heavy (non-hydrogen) atoms. The van der Waals surface area contributed by atoms with E-state index in [1.54, 1.807) is 18.2 Å². The Morgan fingerprint density at radius 3 is 2.27 bits per heavy atom. The van der Waals surface area contributed by atoms with Gasteiger partial charge in [-0.1, -0.05) is 23.7 Å². The molecule has 0 saturated carbocycles. The quantitative estimate of drug-likeness (QED) is 0.452. The molecule has 1 aromatic rings. The van der Waals surface area contributed by atoms with Crippen molar-refractivity contribution in [2.24, 2.45) is 0 Å². The van der Waals surface area contributed by atoms with Gasteiger partial charge < -0.3 is 0 Å². The molecule has 0 aliphatic heterocycles. The second-order valence-electron chi connectivity index (χ2n) is 3.14. The minimum Gasteiger partial charge on any atom is -0.286 e. The van der Waals surface area contributed by atoms with E-state index < -0.39 is 20.4 Å². The molecule has 80 valence electrons. The van der Waals surface area contributed by atoms with Crippen molar-refractivity contribution in [3.05, 3.63) is 34.9 Å². The first-order valence-electron chi connectivity index (χ1n) is 4.17. The Kier molecular flexibility index (Phi) is 3.66. The average Bonchev–Trinajstić information content (AvgIpc) is 2.19. The van der Waals surface area contributed by atoms with Crippen molar-refractivity contribution in [3.63, 3.8) is 0 Å². The largest absolute Gasteiger partial charge is 0.286 e. The van der Waals surface area contributed by atoms with E-state index >= 15 is 0 Å². The Balaban J connectivity index is 3.25. The highest BCUT2D eigenvalue weighted by Gasteiger charge is 2.13. The van der Waals surface area contributed by atoms with E-state index in [9.17, 15) is 13.2 Å². The average molecular weight is 245 g/mol. The Hall–Kier alpha value is -1.13. The van der Waals surface area contributed by atoms with Crippen molar-refractivity contribution in [2.45, 2.75) is 13.8 Å². The van der Waals surface area contributed by atoms with Gasteiger partial charge in [0.2, 0.25) is 20.4 Å². The Labute approximate surface area is 94.2 Å². The molecule has 0 N–H and O–H groups in total. The third-order valence-electron chi connectivity index (χ3n) is 2.09. The second kappa shape index (κ2) is 4.59. The summed E-state index contributed by atoms with van der Waals surface area (Å²) in [5, 5.41) is 0. The van der Waals surface area contributed by atoms with Crippen LogP contribution in [0.25, 0.3) is 0 Å². The highest BCUT2D eigenvalue weighted by Crippen LogP contribution is 2.11. The number of aryl methyl sites for hydroxylation is 2. The van der Waals surface area contributed by atoms with Gasteiger partial charge in [0.05, 0.1) is 0 Å². The van der Waals surface area contributed by atoms with Crippen LogP contribution in [0.1, 0.15) is 21.5 Å². The lowest BCUT2D eigenvalue weighted by Gasteiger charge is -2.01. The molecule has 0 spiro atoms. The first kappa shape index (κ1) is 11.9. The lowest BCUT2D eigenvalue weighted by atomic mass is 10.0. The number of benzene rings is 1. The van der Waals surface area contributed by atoms with Crippen molar-refractivity contribution in [3.8, 4) is 0 Å². The third kappa shape index (κ3) is 2.67. The van der Waals surface area contributed by atoms with E-state index in [-0.39, 0.29) is 5.56 Å². The van der Waals surface area contributed by atoms with Crippen LogP contribution < -0.4 is 0 Å². The zero-order chi connectivity index (χ0) is 11.6. The molecule has 0 radical (unpaired) electrons. The summed E-state index contributed by atoms with van der Waals surface area (Å²) < 4.78 is 20.3. The standard InChI is InChI=1S/C10H9ClO3S/c1-6-3-4-8(5-7(6)2)9(12)10(11)15(13)14/h3-5H,1-2H3. The summed E-state index contributed by atoms with van der Waals surface area (Å²) >= 11 is 5.35. The first-order chi connectivity index (χ1) is 6.93. The highest BCUT2D eigenvalue weighted by atomic mass is 35.5. The summed E-state index contributed by atoms with van der Waals surface area (Å²) in [4.78, 5) is 11.5. The monoisotopic (exact) mass is 244 g/mol. The summed E-state index contributed by atoms with van der Waals surface area (Å²) in [5.74, 6) is -0.673. The van der Waals surface area contributed by atoms with E-state index in [1.807, 2.05) is 13.8 Å². The lowest BCUT2D eigenvalue weighted by Crippen LogP contribution is -2.09.